The molecule has 7 nitrogen and oxygen atoms in total. The highest BCUT2D eigenvalue weighted by Gasteiger charge is 2.36. The van der Waals surface area contributed by atoms with Crippen LogP contribution in [0.4, 0.5) is 5.82 Å². The monoisotopic (exact) mass is 269 g/mol. The number of hydrogen-bond acceptors (Lipinski definition) is 6. The van der Waals surface area contributed by atoms with E-state index in [1.165, 1.54) is 4.57 Å². The number of aryl methyl sites for hydroxylation is 1. The molecule has 3 N–H and O–H groups in total. The smallest absolute Gasteiger partial charge is 0.351 e. The van der Waals surface area contributed by atoms with Crippen LogP contribution in [0.3, 0.4) is 0 Å². The van der Waals surface area contributed by atoms with Gasteiger partial charge in [-0.2, -0.15) is 4.98 Å². The molecular weight excluding hydrogens is 250 g/mol. The minimum Gasteiger partial charge on any atom is -0.394 e. The molecule has 1 unspecified atom stereocenters. The Bertz CT molecular complexity index is 502. The molecule has 1 saturated heterocycles. The van der Waals surface area contributed by atoms with Crippen molar-refractivity contribution in [3.05, 3.63) is 22.2 Å². The van der Waals surface area contributed by atoms with Gasteiger partial charge in [-0.25, -0.2) is 4.79 Å². The standard InChI is InChI=1S/C12H19N3O4/c1-3-18-8-4-10(19-9(8)6-16)15-5-7(2)11(13)14-12(15)17/h5,8-10,16H,3-4,6H2,1-2H3,(H2,13,14,17)/t8?,9-,10-/m1/s1. The Hall–Kier alpha value is -1.44. The number of aliphatic hydroxyl groups is 1. The van der Waals surface area contributed by atoms with E-state index in [2.05, 4.69) is 4.98 Å². The average molecular weight is 269 g/mol. The molecule has 1 fully saturated rings. The number of anilines is 1. The molecule has 0 aliphatic carbocycles. The summed E-state index contributed by atoms with van der Waals surface area (Å²) >= 11 is 0. The normalized spacial score (nSPS) is 26.8. The van der Waals surface area contributed by atoms with E-state index in [0.29, 0.717) is 18.6 Å². The molecule has 0 bridgehead atoms. The predicted molar refractivity (Wildman–Crippen MR) is 68.7 cm³/mol. The largest absolute Gasteiger partial charge is 0.394 e. The molecular formula is C12H19N3O4. The average Bonchev–Trinajstić information content (AvgIpc) is 2.77. The molecule has 106 valence electrons. The van der Waals surface area contributed by atoms with Gasteiger partial charge in [-0.05, 0) is 13.8 Å². The lowest BCUT2D eigenvalue weighted by atomic mass is 10.2. The molecule has 0 spiro atoms. The van der Waals surface area contributed by atoms with E-state index in [-0.39, 0.29) is 18.5 Å². The van der Waals surface area contributed by atoms with Gasteiger partial charge in [0.25, 0.3) is 0 Å². The third-order valence-corrected chi connectivity index (χ3v) is 3.23. The number of rotatable bonds is 4. The number of nitrogens with zero attached hydrogens (tertiary/aromatic N) is 2. The van der Waals surface area contributed by atoms with Gasteiger partial charge in [0.05, 0.1) is 12.7 Å². The highest BCUT2D eigenvalue weighted by Crippen LogP contribution is 2.29. The van der Waals surface area contributed by atoms with Crippen molar-refractivity contribution in [2.45, 2.75) is 38.7 Å². The summed E-state index contributed by atoms with van der Waals surface area (Å²) in [5, 5.41) is 9.27. The Morgan fingerprint density at radius 2 is 2.42 bits per heavy atom. The maximum absolute atomic E-state index is 11.8. The summed E-state index contributed by atoms with van der Waals surface area (Å²) in [6.07, 6.45) is 1.01. The first-order valence-electron chi connectivity index (χ1n) is 6.30. The molecule has 1 aromatic rings. The van der Waals surface area contributed by atoms with Gasteiger partial charge < -0.3 is 20.3 Å². The lowest BCUT2D eigenvalue weighted by Gasteiger charge is -2.15. The molecule has 1 aliphatic rings. The Kier molecular flexibility index (Phi) is 4.18. The fourth-order valence-electron chi connectivity index (χ4n) is 2.21. The minimum atomic E-state index is -0.479. The van der Waals surface area contributed by atoms with Gasteiger partial charge in [0, 0.05) is 24.8 Å². The van der Waals surface area contributed by atoms with Crippen LogP contribution in [-0.4, -0.2) is 40.1 Å². The van der Waals surface area contributed by atoms with Crippen LogP contribution in [0, 0.1) is 6.92 Å². The molecule has 1 aliphatic heterocycles. The molecule has 0 aromatic carbocycles. The van der Waals surface area contributed by atoms with E-state index in [9.17, 15) is 9.90 Å². The molecule has 1 aromatic heterocycles. The van der Waals surface area contributed by atoms with Gasteiger partial charge >= 0.3 is 5.69 Å². The molecule has 3 atom stereocenters. The molecule has 0 amide bonds. The maximum Gasteiger partial charge on any atom is 0.351 e. The number of nitrogen functional groups attached to an aromatic ring is 1. The minimum absolute atomic E-state index is 0.142. The van der Waals surface area contributed by atoms with Crippen molar-refractivity contribution in [1.82, 2.24) is 9.55 Å². The highest BCUT2D eigenvalue weighted by atomic mass is 16.6. The first-order chi connectivity index (χ1) is 9.06. The van der Waals surface area contributed by atoms with Crippen molar-refractivity contribution < 1.29 is 14.6 Å². The number of aliphatic hydroxyl groups excluding tert-OH is 1. The van der Waals surface area contributed by atoms with Crippen LogP contribution >= 0.6 is 0 Å². The second kappa shape index (κ2) is 5.68. The van der Waals surface area contributed by atoms with Crippen molar-refractivity contribution >= 4 is 5.82 Å². The first kappa shape index (κ1) is 14.0. The van der Waals surface area contributed by atoms with E-state index >= 15 is 0 Å². The topological polar surface area (TPSA) is 99.6 Å². The fourth-order valence-corrected chi connectivity index (χ4v) is 2.21. The Labute approximate surface area is 111 Å². The summed E-state index contributed by atoms with van der Waals surface area (Å²) in [6.45, 7) is 4.04. The Morgan fingerprint density at radius 3 is 3.05 bits per heavy atom. The van der Waals surface area contributed by atoms with Crippen LogP contribution in [0.5, 0.6) is 0 Å². The third-order valence-electron chi connectivity index (χ3n) is 3.23. The van der Waals surface area contributed by atoms with Gasteiger partial charge in [-0.3, -0.25) is 4.57 Å². The zero-order valence-electron chi connectivity index (χ0n) is 11.1. The SMILES string of the molecule is CCOC1C[C@H](n2cc(C)c(N)nc2=O)O[C@@H]1CO. The quantitative estimate of drug-likeness (QED) is 0.786. The molecule has 19 heavy (non-hydrogen) atoms. The molecule has 0 saturated carbocycles. The number of ether oxygens (including phenoxy) is 2. The molecule has 2 heterocycles. The Morgan fingerprint density at radius 1 is 1.68 bits per heavy atom. The summed E-state index contributed by atoms with van der Waals surface area (Å²) < 4.78 is 12.5. The van der Waals surface area contributed by atoms with Crippen molar-refractivity contribution in [3.63, 3.8) is 0 Å². The summed E-state index contributed by atoms with van der Waals surface area (Å²) in [5.41, 5.74) is 5.84. The van der Waals surface area contributed by atoms with Gasteiger partial charge in [-0.15, -0.1) is 0 Å². The first-order valence-corrected chi connectivity index (χ1v) is 6.30. The van der Waals surface area contributed by atoms with Gasteiger partial charge in [0.1, 0.15) is 18.1 Å². The summed E-state index contributed by atoms with van der Waals surface area (Å²) in [7, 11) is 0. The van der Waals surface area contributed by atoms with Gasteiger partial charge in [0.15, 0.2) is 0 Å². The molecule has 7 heteroatoms. The van der Waals surface area contributed by atoms with E-state index < -0.39 is 18.0 Å². The van der Waals surface area contributed by atoms with E-state index in [1.807, 2.05) is 6.92 Å². The van der Waals surface area contributed by atoms with Crippen molar-refractivity contribution in [2.24, 2.45) is 0 Å². The highest BCUT2D eigenvalue weighted by molar-refractivity contribution is 5.35. The number of aromatic nitrogens is 2. The van der Waals surface area contributed by atoms with Gasteiger partial charge in [0.2, 0.25) is 0 Å². The third kappa shape index (κ3) is 2.78. The van der Waals surface area contributed by atoms with E-state index in [4.69, 9.17) is 15.2 Å². The summed E-state index contributed by atoms with van der Waals surface area (Å²) in [5.74, 6) is 0.222. The predicted octanol–water partition coefficient (Wildman–Crippen LogP) is -0.181. The van der Waals surface area contributed by atoms with Crippen LogP contribution in [-0.2, 0) is 9.47 Å². The van der Waals surface area contributed by atoms with Crippen molar-refractivity contribution in [2.75, 3.05) is 18.9 Å². The number of nitrogens with two attached hydrogens (primary N) is 1. The molecule has 2 rings (SSSR count). The van der Waals surface area contributed by atoms with E-state index in [0.717, 1.165) is 0 Å². The fraction of sp³-hybridized carbons (Fsp3) is 0.667. The van der Waals surface area contributed by atoms with Crippen LogP contribution in [0.1, 0.15) is 25.1 Å². The zero-order valence-corrected chi connectivity index (χ0v) is 11.1. The van der Waals surface area contributed by atoms with Crippen LogP contribution in [0.15, 0.2) is 11.0 Å². The van der Waals surface area contributed by atoms with Gasteiger partial charge in [-0.1, -0.05) is 0 Å². The maximum atomic E-state index is 11.8. The van der Waals surface area contributed by atoms with Crippen LogP contribution in [0.2, 0.25) is 0 Å². The van der Waals surface area contributed by atoms with E-state index in [1.54, 1.807) is 13.1 Å². The van der Waals surface area contributed by atoms with Crippen LogP contribution in [0.25, 0.3) is 0 Å². The van der Waals surface area contributed by atoms with Crippen molar-refractivity contribution in [3.8, 4) is 0 Å². The summed E-state index contributed by atoms with van der Waals surface area (Å²) in [4.78, 5) is 15.6. The van der Waals surface area contributed by atoms with Crippen LogP contribution < -0.4 is 11.4 Å². The lowest BCUT2D eigenvalue weighted by Crippen LogP contribution is -2.29. The second-order valence-corrected chi connectivity index (χ2v) is 4.54. The summed E-state index contributed by atoms with van der Waals surface area (Å²) in [6, 6.07) is 0. The second-order valence-electron chi connectivity index (χ2n) is 4.54. The lowest BCUT2D eigenvalue weighted by molar-refractivity contribution is -0.0603. The molecule has 0 radical (unpaired) electrons. The number of hydrogen-bond donors (Lipinski definition) is 2. The Balaban J connectivity index is 2.24. The van der Waals surface area contributed by atoms with Crippen molar-refractivity contribution in [1.29, 1.82) is 0 Å². The zero-order chi connectivity index (χ0) is 14.0.